The number of alkyl halides is 1. The number of halogens is 1. The second-order valence-corrected chi connectivity index (χ2v) is 4.43. The Labute approximate surface area is 115 Å². The molecule has 0 N–H and O–H groups in total. The summed E-state index contributed by atoms with van der Waals surface area (Å²) in [6.07, 6.45) is 0. The fraction of sp³-hybridized carbons (Fsp3) is 0.133. The summed E-state index contributed by atoms with van der Waals surface area (Å²) in [5, 5.41) is 0.793. The molecule has 0 saturated heterocycles. The maximum atomic E-state index is 11.7. The average Bonchev–Trinajstić information content (AvgIpc) is 2.46. The van der Waals surface area contributed by atoms with Crippen LogP contribution in [-0.4, -0.2) is 13.1 Å². The van der Waals surface area contributed by atoms with E-state index >= 15 is 0 Å². The first-order valence-electron chi connectivity index (χ1n) is 5.59. The minimum atomic E-state index is -0.310. The Morgan fingerprint density at radius 1 is 1.17 bits per heavy atom. The van der Waals surface area contributed by atoms with Crippen molar-refractivity contribution in [1.29, 1.82) is 0 Å². The number of rotatable bonds is 3. The Balaban J connectivity index is 2.53. The van der Waals surface area contributed by atoms with Gasteiger partial charge in [0, 0.05) is 5.33 Å². The van der Waals surface area contributed by atoms with Gasteiger partial charge in [0.15, 0.2) is 0 Å². The third-order valence-corrected chi connectivity index (χ3v) is 3.37. The van der Waals surface area contributed by atoms with E-state index in [4.69, 9.17) is 4.74 Å². The number of carbonyl (C=O) groups excluding carboxylic acids is 1. The van der Waals surface area contributed by atoms with Crippen LogP contribution >= 0.6 is 15.9 Å². The zero-order chi connectivity index (χ0) is 13.0. The van der Waals surface area contributed by atoms with Gasteiger partial charge in [0.2, 0.25) is 0 Å². The van der Waals surface area contributed by atoms with E-state index in [9.17, 15) is 4.79 Å². The number of ether oxygens (including phenoxy) is 1. The Bertz CT molecular complexity index is 564. The van der Waals surface area contributed by atoms with Gasteiger partial charge >= 0.3 is 5.97 Å². The molecule has 0 unspecified atom stereocenters. The van der Waals surface area contributed by atoms with Gasteiger partial charge in [0.05, 0.1) is 12.7 Å². The zero-order valence-corrected chi connectivity index (χ0v) is 11.6. The molecule has 2 aromatic carbocycles. The first-order valence-corrected chi connectivity index (χ1v) is 6.71. The normalized spacial score (nSPS) is 10.1. The van der Waals surface area contributed by atoms with Gasteiger partial charge in [-0.15, -0.1) is 0 Å². The molecule has 0 aliphatic heterocycles. The van der Waals surface area contributed by atoms with Crippen LogP contribution in [0.25, 0.3) is 11.1 Å². The van der Waals surface area contributed by atoms with Crippen LogP contribution in [0.2, 0.25) is 0 Å². The van der Waals surface area contributed by atoms with Crippen LogP contribution in [0.15, 0.2) is 48.5 Å². The second kappa shape index (κ2) is 5.83. The molecular formula is C15H13BrO2. The number of carbonyl (C=O) groups is 1. The maximum absolute atomic E-state index is 11.7. The molecule has 0 aromatic heterocycles. The molecule has 0 saturated carbocycles. The lowest BCUT2D eigenvalue weighted by molar-refractivity contribution is 0.0601. The third-order valence-electron chi connectivity index (χ3n) is 2.72. The zero-order valence-electron chi connectivity index (χ0n) is 10.0. The summed E-state index contributed by atoms with van der Waals surface area (Å²) in [4.78, 5) is 11.7. The summed E-state index contributed by atoms with van der Waals surface area (Å²) in [6, 6.07) is 15.6. The number of hydrogen-bond acceptors (Lipinski definition) is 2. The lowest BCUT2D eigenvalue weighted by Gasteiger charge is -2.08. The molecule has 2 nitrogen and oxygen atoms in total. The van der Waals surface area contributed by atoms with Gasteiger partial charge in [0.25, 0.3) is 0 Å². The lowest BCUT2D eigenvalue weighted by atomic mass is 9.98. The van der Waals surface area contributed by atoms with Crippen LogP contribution in [0.3, 0.4) is 0 Å². The van der Waals surface area contributed by atoms with Gasteiger partial charge in [-0.3, -0.25) is 0 Å². The van der Waals surface area contributed by atoms with Gasteiger partial charge in [-0.05, 0) is 22.8 Å². The van der Waals surface area contributed by atoms with E-state index in [1.807, 2.05) is 36.4 Å². The highest BCUT2D eigenvalue weighted by atomic mass is 79.9. The highest BCUT2D eigenvalue weighted by molar-refractivity contribution is 9.08. The Kier molecular flexibility index (Phi) is 4.15. The van der Waals surface area contributed by atoms with Gasteiger partial charge in [-0.1, -0.05) is 58.4 Å². The number of benzene rings is 2. The van der Waals surface area contributed by atoms with Crippen LogP contribution in [0.4, 0.5) is 0 Å². The molecule has 2 aromatic rings. The van der Waals surface area contributed by atoms with Crippen molar-refractivity contribution in [2.45, 2.75) is 5.33 Å². The number of hydrogen-bond donors (Lipinski definition) is 0. The van der Waals surface area contributed by atoms with E-state index < -0.39 is 0 Å². The molecule has 0 spiro atoms. The molecule has 0 radical (unpaired) electrons. The number of methoxy groups -OCH3 is 1. The molecule has 0 aliphatic carbocycles. The van der Waals surface area contributed by atoms with E-state index in [1.165, 1.54) is 12.7 Å². The van der Waals surface area contributed by atoms with Crippen molar-refractivity contribution in [3.05, 3.63) is 59.7 Å². The molecular weight excluding hydrogens is 292 g/mol. The Morgan fingerprint density at radius 2 is 1.94 bits per heavy atom. The first kappa shape index (κ1) is 12.8. The van der Waals surface area contributed by atoms with E-state index in [1.54, 1.807) is 6.07 Å². The fourth-order valence-corrected chi connectivity index (χ4v) is 2.19. The van der Waals surface area contributed by atoms with Crippen LogP contribution in [0, 0.1) is 0 Å². The smallest absolute Gasteiger partial charge is 0.338 e. The average molecular weight is 305 g/mol. The SMILES string of the molecule is COC(=O)c1ccccc1-c1cccc(CBr)c1. The monoisotopic (exact) mass is 304 g/mol. The van der Waals surface area contributed by atoms with E-state index in [-0.39, 0.29) is 5.97 Å². The molecule has 0 amide bonds. The highest BCUT2D eigenvalue weighted by Crippen LogP contribution is 2.25. The van der Waals surface area contributed by atoms with Crippen molar-refractivity contribution < 1.29 is 9.53 Å². The second-order valence-electron chi connectivity index (χ2n) is 3.87. The van der Waals surface area contributed by atoms with Crippen LogP contribution in [0.1, 0.15) is 15.9 Å². The van der Waals surface area contributed by atoms with Gasteiger partial charge in [-0.25, -0.2) is 4.79 Å². The molecule has 0 bridgehead atoms. The van der Waals surface area contributed by atoms with Gasteiger partial charge in [0.1, 0.15) is 0 Å². The van der Waals surface area contributed by atoms with Crippen molar-refractivity contribution in [1.82, 2.24) is 0 Å². The fourth-order valence-electron chi connectivity index (χ4n) is 1.84. The summed E-state index contributed by atoms with van der Waals surface area (Å²) < 4.78 is 4.81. The largest absolute Gasteiger partial charge is 0.465 e. The van der Waals surface area contributed by atoms with Crippen LogP contribution in [0.5, 0.6) is 0 Å². The molecule has 92 valence electrons. The van der Waals surface area contributed by atoms with Crippen LogP contribution in [-0.2, 0) is 10.1 Å². The van der Waals surface area contributed by atoms with Crippen molar-refractivity contribution in [3.63, 3.8) is 0 Å². The summed E-state index contributed by atoms with van der Waals surface area (Å²) in [6.45, 7) is 0. The summed E-state index contributed by atoms with van der Waals surface area (Å²) in [5.74, 6) is -0.310. The van der Waals surface area contributed by atoms with Crippen LogP contribution < -0.4 is 0 Å². The molecule has 0 aliphatic rings. The van der Waals surface area contributed by atoms with Gasteiger partial charge in [-0.2, -0.15) is 0 Å². The minimum absolute atomic E-state index is 0.310. The molecule has 0 atom stereocenters. The summed E-state index contributed by atoms with van der Waals surface area (Å²) in [5.41, 5.74) is 3.68. The van der Waals surface area contributed by atoms with Gasteiger partial charge < -0.3 is 4.74 Å². The first-order chi connectivity index (χ1) is 8.76. The Hall–Kier alpha value is -1.61. The molecule has 18 heavy (non-hydrogen) atoms. The van der Waals surface area contributed by atoms with Crippen molar-refractivity contribution in [2.24, 2.45) is 0 Å². The summed E-state index contributed by atoms with van der Waals surface area (Å²) in [7, 11) is 1.40. The quantitative estimate of drug-likeness (QED) is 0.632. The summed E-state index contributed by atoms with van der Waals surface area (Å²) >= 11 is 3.43. The minimum Gasteiger partial charge on any atom is -0.465 e. The molecule has 0 fully saturated rings. The van der Waals surface area contributed by atoms with E-state index in [0.717, 1.165) is 16.5 Å². The molecule has 3 heteroatoms. The van der Waals surface area contributed by atoms with Crippen molar-refractivity contribution in [3.8, 4) is 11.1 Å². The van der Waals surface area contributed by atoms with E-state index in [2.05, 4.69) is 22.0 Å². The van der Waals surface area contributed by atoms with E-state index in [0.29, 0.717) is 5.56 Å². The molecule has 0 heterocycles. The lowest BCUT2D eigenvalue weighted by Crippen LogP contribution is -2.03. The Morgan fingerprint density at radius 3 is 2.67 bits per heavy atom. The third kappa shape index (κ3) is 2.62. The van der Waals surface area contributed by atoms with Crippen molar-refractivity contribution >= 4 is 21.9 Å². The topological polar surface area (TPSA) is 26.3 Å². The number of esters is 1. The van der Waals surface area contributed by atoms with Crippen molar-refractivity contribution in [2.75, 3.05) is 7.11 Å². The highest BCUT2D eigenvalue weighted by Gasteiger charge is 2.12. The molecule has 2 rings (SSSR count). The predicted molar refractivity (Wildman–Crippen MR) is 75.8 cm³/mol. The maximum Gasteiger partial charge on any atom is 0.338 e. The standard InChI is InChI=1S/C15H13BrO2/c1-18-15(17)14-8-3-2-7-13(14)12-6-4-5-11(9-12)10-16/h2-9H,10H2,1H3. The predicted octanol–water partition coefficient (Wildman–Crippen LogP) is 4.04.